The predicted octanol–water partition coefficient (Wildman–Crippen LogP) is 3.31. The highest BCUT2D eigenvalue weighted by Gasteiger charge is 2.22. The number of ketones is 1. The summed E-state index contributed by atoms with van der Waals surface area (Å²) in [6, 6.07) is 9.67. The Morgan fingerprint density at radius 2 is 1.77 bits per heavy atom. The van der Waals surface area contributed by atoms with Gasteiger partial charge in [0.15, 0.2) is 17.3 Å². The Bertz CT molecular complexity index is 797. The molecule has 0 saturated heterocycles. The number of fused-ring (bicyclic) bond motifs is 1. The number of carbonyl (C=O) groups is 1. The number of aliphatic imine (C=N–C) groups is 1. The summed E-state index contributed by atoms with van der Waals surface area (Å²) in [5.41, 5.74) is 0.702. The first-order chi connectivity index (χ1) is 10.7. The number of halogens is 1. The minimum absolute atomic E-state index is 0.171. The number of carbonyl (C=O) groups excluding carboxylic acids is 2. The van der Waals surface area contributed by atoms with Gasteiger partial charge in [-0.1, -0.05) is 23.7 Å². The van der Waals surface area contributed by atoms with Crippen LogP contribution < -0.4 is 9.47 Å². The molecule has 110 valence electrons. The van der Waals surface area contributed by atoms with E-state index in [9.17, 15) is 9.59 Å². The fourth-order valence-electron chi connectivity index (χ4n) is 2.19. The van der Waals surface area contributed by atoms with Crippen LogP contribution in [0.15, 0.2) is 41.4 Å². The monoisotopic (exact) mass is 315 g/mol. The largest absolute Gasteiger partial charge is 0.486 e. The van der Waals surface area contributed by atoms with Crippen molar-refractivity contribution in [1.29, 1.82) is 0 Å². The lowest BCUT2D eigenvalue weighted by atomic mass is 10.0. The Hall–Kier alpha value is -2.62. The molecular formula is C16H10ClNO4. The molecule has 2 aromatic rings. The molecule has 0 amide bonds. The van der Waals surface area contributed by atoms with Crippen molar-refractivity contribution < 1.29 is 19.1 Å². The molecule has 6 heteroatoms. The summed E-state index contributed by atoms with van der Waals surface area (Å²) in [5.74, 6) is 0.527. The second kappa shape index (κ2) is 6.02. The zero-order valence-corrected chi connectivity index (χ0v) is 12.1. The summed E-state index contributed by atoms with van der Waals surface area (Å²) < 4.78 is 10.9. The fraction of sp³-hybridized carbons (Fsp3) is 0.125. The van der Waals surface area contributed by atoms with Crippen LogP contribution >= 0.6 is 11.6 Å². The van der Waals surface area contributed by atoms with Crippen molar-refractivity contribution in [3.05, 3.63) is 52.5 Å². The van der Waals surface area contributed by atoms with E-state index in [1.54, 1.807) is 24.3 Å². The van der Waals surface area contributed by atoms with Crippen molar-refractivity contribution in [2.24, 2.45) is 4.99 Å². The summed E-state index contributed by atoms with van der Waals surface area (Å²) >= 11 is 6.06. The lowest BCUT2D eigenvalue weighted by Crippen LogP contribution is -2.16. The van der Waals surface area contributed by atoms with Gasteiger partial charge in [0.1, 0.15) is 13.2 Å². The average Bonchev–Trinajstić information content (AvgIpc) is 2.54. The smallest absolute Gasteiger partial charge is 0.240 e. The van der Waals surface area contributed by atoms with E-state index >= 15 is 0 Å². The number of ether oxygens (including phenoxy) is 2. The van der Waals surface area contributed by atoms with E-state index in [1.807, 2.05) is 0 Å². The van der Waals surface area contributed by atoms with Crippen LogP contribution in [-0.2, 0) is 4.79 Å². The molecule has 1 heterocycles. The second-order valence-electron chi connectivity index (χ2n) is 4.53. The molecule has 5 nitrogen and oxygen atoms in total. The van der Waals surface area contributed by atoms with E-state index in [0.29, 0.717) is 35.3 Å². The summed E-state index contributed by atoms with van der Waals surface area (Å²) in [6.45, 7) is 0.790. The maximum absolute atomic E-state index is 12.7. The molecule has 0 radical (unpaired) electrons. The van der Waals surface area contributed by atoms with E-state index in [0.717, 1.165) is 0 Å². The van der Waals surface area contributed by atoms with Crippen LogP contribution in [0.2, 0.25) is 5.02 Å². The van der Waals surface area contributed by atoms with Gasteiger partial charge in [-0.25, -0.2) is 4.79 Å². The molecular weight excluding hydrogens is 306 g/mol. The van der Waals surface area contributed by atoms with Gasteiger partial charge in [-0.15, -0.1) is 0 Å². The Balaban J connectivity index is 2.14. The van der Waals surface area contributed by atoms with Crippen molar-refractivity contribution in [2.75, 3.05) is 13.2 Å². The topological polar surface area (TPSA) is 65.0 Å². The molecule has 0 unspecified atom stereocenters. The van der Waals surface area contributed by atoms with Gasteiger partial charge in [-0.2, -0.15) is 4.99 Å². The Morgan fingerprint density at radius 1 is 1.09 bits per heavy atom. The third-order valence-corrected chi connectivity index (χ3v) is 3.52. The molecule has 0 N–H and O–H groups in total. The molecule has 3 rings (SSSR count). The van der Waals surface area contributed by atoms with Gasteiger partial charge in [-0.3, -0.25) is 4.79 Å². The Labute approximate surface area is 131 Å². The van der Waals surface area contributed by atoms with Gasteiger partial charge in [0, 0.05) is 11.6 Å². The quantitative estimate of drug-likeness (QED) is 0.495. The highest BCUT2D eigenvalue weighted by molar-refractivity contribution is 6.35. The minimum Gasteiger partial charge on any atom is -0.486 e. The second-order valence-corrected chi connectivity index (χ2v) is 4.93. The zero-order valence-electron chi connectivity index (χ0n) is 11.3. The SMILES string of the molecule is O=C=Nc1cc2c(cc1C(=O)c1ccccc1Cl)OCCO2. The average molecular weight is 316 g/mol. The number of isocyanates is 1. The van der Waals surface area contributed by atoms with Crippen molar-refractivity contribution in [3.8, 4) is 11.5 Å². The Morgan fingerprint density at radius 3 is 2.45 bits per heavy atom. The first-order valence-electron chi connectivity index (χ1n) is 6.51. The van der Waals surface area contributed by atoms with E-state index in [4.69, 9.17) is 21.1 Å². The summed E-state index contributed by atoms with van der Waals surface area (Å²) in [6.07, 6.45) is 1.45. The Kier molecular flexibility index (Phi) is 3.92. The van der Waals surface area contributed by atoms with E-state index in [1.165, 1.54) is 18.2 Å². The molecule has 22 heavy (non-hydrogen) atoms. The maximum Gasteiger partial charge on any atom is 0.240 e. The first-order valence-corrected chi connectivity index (χ1v) is 6.89. The molecule has 0 spiro atoms. The molecule has 0 saturated carbocycles. The number of nitrogens with zero attached hydrogens (tertiary/aromatic N) is 1. The lowest BCUT2D eigenvalue weighted by molar-refractivity contribution is 0.103. The van der Waals surface area contributed by atoms with Crippen LogP contribution in [0.4, 0.5) is 5.69 Å². The highest BCUT2D eigenvalue weighted by atomic mass is 35.5. The van der Waals surface area contributed by atoms with Crippen molar-refractivity contribution in [3.63, 3.8) is 0 Å². The minimum atomic E-state index is -0.350. The van der Waals surface area contributed by atoms with Gasteiger partial charge in [-0.05, 0) is 18.2 Å². The summed E-state index contributed by atoms with van der Waals surface area (Å²) in [4.78, 5) is 26.9. The number of rotatable bonds is 3. The van der Waals surface area contributed by atoms with E-state index in [2.05, 4.69) is 4.99 Å². The standard InChI is InChI=1S/C16H10ClNO4/c17-12-4-2-1-3-10(12)16(20)11-7-14-15(22-6-5-21-14)8-13(11)18-9-19/h1-4,7-8H,5-6H2. The van der Waals surface area contributed by atoms with Gasteiger partial charge < -0.3 is 9.47 Å². The predicted molar refractivity (Wildman–Crippen MR) is 80.1 cm³/mol. The van der Waals surface area contributed by atoms with Gasteiger partial charge in [0.25, 0.3) is 0 Å². The molecule has 0 aliphatic carbocycles. The van der Waals surface area contributed by atoms with Gasteiger partial charge >= 0.3 is 0 Å². The van der Waals surface area contributed by atoms with E-state index in [-0.39, 0.29) is 17.0 Å². The number of benzene rings is 2. The fourth-order valence-corrected chi connectivity index (χ4v) is 2.41. The van der Waals surface area contributed by atoms with Crippen LogP contribution in [0.5, 0.6) is 11.5 Å². The number of hydrogen-bond donors (Lipinski definition) is 0. The summed E-state index contributed by atoms with van der Waals surface area (Å²) in [7, 11) is 0. The molecule has 1 aliphatic heterocycles. The molecule has 2 aromatic carbocycles. The normalized spacial score (nSPS) is 12.4. The molecule has 0 fully saturated rings. The van der Waals surface area contributed by atoms with Crippen LogP contribution in [0.25, 0.3) is 0 Å². The van der Waals surface area contributed by atoms with E-state index < -0.39 is 0 Å². The third-order valence-electron chi connectivity index (χ3n) is 3.19. The third kappa shape index (κ3) is 2.60. The highest BCUT2D eigenvalue weighted by Crippen LogP contribution is 2.38. The molecule has 0 atom stereocenters. The van der Waals surface area contributed by atoms with Crippen LogP contribution in [0.3, 0.4) is 0 Å². The van der Waals surface area contributed by atoms with Gasteiger partial charge in [0.05, 0.1) is 16.3 Å². The van der Waals surface area contributed by atoms with Crippen LogP contribution in [-0.4, -0.2) is 25.1 Å². The van der Waals surface area contributed by atoms with Crippen molar-refractivity contribution in [1.82, 2.24) is 0 Å². The van der Waals surface area contributed by atoms with Crippen LogP contribution in [0, 0.1) is 0 Å². The van der Waals surface area contributed by atoms with Crippen molar-refractivity contribution in [2.45, 2.75) is 0 Å². The molecule has 0 bridgehead atoms. The molecule has 0 aromatic heterocycles. The number of hydrogen-bond acceptors (Lipinski definition) is 5. The summed E-state index contributed by atoms with van der Waals surface area (Å²) in [5, 5.41) is 0.323. The van der Waals surface area contributed by atoms with Crippen molar-refractivity contribution >= 4 is 29.2 Å². The zero-order chi connectivity index (χ0) is 15.5. The lowest BCUT2D eigenvalue weighted by Gasteiger charge is -2.19. The maximum atomic E-state index is 12.7. The first kappa shape index (κ1) is 14.3. The van der Waals surface area contributed by atoms with Gasteiger partial charge in [0.2, 0.25) is 6.08 Å². The van der Waals surface area contributed by atoms with Crippen LogP contribution in [0.1, 0.15) is 15.9 Å². The molecule has 1 aliphatic rings.